The lowest BCUT2D eigenvalue weighted by Gasteiger charge is -2.18. The number of ether oxygens (including phenoxy) is 2. The topological polar surface area (TPSA) is 161 Å². The van der Waals surface area contributed by atoms with Crippen LogP contribution in [0.4, 0.5) is 11.8 Å². The van der Waals surface area contributed by atoms with Gasteiger partial charge in [0.2, 0.25) is 5.95 Å². The maximum atomic E-state index is 10.4. The third kappa shape index (κ3) is 3.53. The molecule has 11 nitrogen and oxygen atoms in total. The van der Waals surface area contributed by atoms with Gasteiger partial charge in [0.15, 0.2) is 23.2 Å². The summed E-state index contributed by atoms with van der Waals surface area (Å²) in [5, 5.41) is 32.6. The highest BCUT2D eigenvalue weighted by molar-refractivity contribution is 5.84. The maximum Gasteiger partial charge on any atom is 0.219 e. The van der Waals surface area contributed by atoms with Gasteiger partial charge in [-0.15, -0.1) is 0 Å². The first-order valence-corrected chi connectivity index (χ1v) is 8.69. The molecule has 0 spiro atoms. The number of benzene rings is 1. The molecule has 6 N–H and O–H groups in total. The van der Waals surface area contributed by atoms with Crippen molar-refractivity contribution in [3.05, 3.63) is 36.7 Å². The Bertz CT molecular complexity index is 1060. The summed E-state index contributed by atoms with van der Waals surface area (Å²) in [6, 6.07) is 11.6. The molecule has 0 bridgehead atoms. The second kappa shape index (κ2) is 7.90. The average molecular weight is 398 g/mol. The molecule has 150 valence electrons. The lowest BCUT2D eigenvalue weighted by molar-refractivity contribution is -0.0501. The van der Waals surface area contributed by atoms with Gasteiger partial charge in [-0.3, -0.25) is 9.88 Å². The number of nitrogens with zero attached hydrogens (tertiary/aromatic N) is 4. The van der Waals surface area contributed by atoms with E-state index in [2.05, 4.69) is 32.4 Å². The number of nitrogen functional groups attached to an aromatic ring is 1. The lowest BCUT2D eigenvalue weighted by Crippen LogP contribution is -2.33. The molecular formula is C18H18N6O5. The number of aliphatic hydroxyl groups excluding tert-OH is 3. The van der Waals surface area contributed by atoms with Crippen LogP contribution in [0.5, 0.6) is 5.75 Å². The van der Waals surface area contributed by atoms with Gasteiger partial charge in [-0.1, -0.05) is 18.2 Å². The summed E-state index contributed by atoms with van der Waals surface area (Å²) in [7, 11) is 0. The van der Waals surface area contributed by atoms with E-state index in [1.54, 1.807) is 12.1 Å². The van der Waals surface area contributed by atoms with Crippen molar-refractivity contribution in [3.8, 4) is 17.9 Å². The SMILES string of the molecule is Nc1ncnc2c1nc(NC#COc1ccccc1)n2[C@@H]1O[C@H](CO)C(O)C1O. The van der Waals surface area contributed by atoms with Crippen molar-refractivity contribution in [2.75, 3.05) is 17.7 Å². The van der Waals surface area contributed by atoms with Crippen LogP contribution in [0.25, 0.3) is 11.2 Å². The Morgan fingerprint density at radius 2 is 2.00 bits per heavy atom. The molecule has 0 radical (unpaired) electrons. The van der Waals surface area contributed by atoms with Gasteiger partial charge < -0.3 is 30.5 Å². The van der Waals surface area contributed by atoms with Crippen LogP contribution in [0.1, 0.15) is 6.23 Å². The fourth-order valence-electron chi connectivity index (χ4n) is 3.00. The zero-order valence-electron chi connectivity index (χ0n) is 15.0. The number of aromatic nitrogens is 4. The minimum Gasteiger partial charge on any atom is -0.406 e. The van der Waals surface area contributed by atoms with Crippen LogP contribution >= 0.6 is 0 Å². The first kappa shape index (κ1) is 18.9. The molecule has 4 rings (SSSR count). The quantitative estimate of drug-likeness (QED) is 0.284. The fourth-order valence-corrected chi connectivity index (χ4v) is 3.00. The number of anilines is 2. The van der Waals surface area contributed by atoms with E-state index in [9.17, 15) is 15.3 Å². The molecule has 1 saturated heterocycles. The molecule has 1 aromatic carbocycles. The van der Waals surface area contributed by atoms with E-state index in [0.29, 0.717) is 5.75 Å². The van der Waals surface area contributed by atoms with Gasteiger partial charge in [-0.25, -0.2) is 15.0 Å². The Balaban J connectivity index is 1.67. The van der Waals surface area contributed by atoms with Gasteiger partial charge >= 0.3 is 0 Å². The third-order valence-corrected chi connectivity index (χ3v) is 4.41. The molecule has 0 aliphatic carbocycles. The summed E-state index contributed by atoms with van der Waals surface area (Å²) in [6.07, 6.45) is -0.943. The van der Waals surface area contributed by atoms with Crippen LogP contribution in [0.2, 0.25) is 0 Å². The Kier molecular flexibility index (Phi) is 5.15. The van der Waals surface area contributed by atoms with Crippen LogP contribution in [0, 0.1) is 12.2 Å². The number of para-hydroxylation sites is 1. The molecule has 2 aromatic heterocycles. The summed E-state index contributed by atoms with van der Waals surface area (Å²) in [6.45, 7) is -0.466. The molecule has 1 fully saturated rings. The number of fused-ring (bicyclic) bond motifs is 1. The van der Waals surface area contributed by atoms with E-state index in [4.69, 9.17) is 15.2 Å². The molecule has 11 heteroatoms. The van der Waals surface area contributed by atoms with E-state index in [1.807, 2.05) is 18.2 Å². The van der Waals surface area contributed by atoms with Crippen LogP contribution < -0.4 is 15.8 Å². The second-order valence-corrected chi connectivity index (χ2v) is 6.23. The van der Waals surface area contributed by atoms with Crippen molar-refractivity contribution < 1.29 is 24.8 Å². The van der Waals surface area contributed by atoms with E-state index in [0.717, 1.165) is 0 Å². The Morgan fingerprint density at radius 3 is 2.72 bits per heavy atom. The fraction of sp³-hybridized carbons (Fsp3) is 0.278. The number of imidazole rings is 1. The van der Waals surface area contributed by atoms with E-state index in [1.165, 1.54) is 10.9 Å². The van der Waals surface area contributed by atoms with Crippen molar-refractivity contribution in [2.45, 2.75) is 24.5 Å². The smallest absolute Gasteiger partial charge is 0.219 e. The van der Waals surface area contributed by atoms with Crippen LogP contribution in [-0.4, -0.2) is 59.8 Å². The van der Waals surface area contributed by atoms with Crippen molar-refractivity contribution in [1.82, 2.24) is 19.5 Å². The predicted octanol–water partition coefficient (Wildman–Crippen LogP) is -0.571. The van der Waals surface area contributed by atoms with Gasteiger partial charge in [0.25, 0.3) is 0 Å². The Labute approximate surface area is 164 Å². The lowest BCUT2D eigenvalue weighted by atomic mass is 10.1. The highest BCUT2D eigenvalue weighted by atomic mass is 16.6. The Hall–Kier alpha value is -3.43. The minimum absolute atomic E-state index is 0.122. The zero-order valence-corrected chi connectivity index (χ0v) is 15.0. The average Bonchev–Trinajstić information content (AvgIpc) is 3.24. The monoisotopic (exact) mass is 398 g/mol. The molecular weight excluding hydrogens is 380 g/mol. The molecule has 0 amide bonds. The summed E-state index contributed by atoms with van der Waals surface area (Å²) in [5.74, 6) is 0.831. The van der Waals surface area contributed by atoms with Crippen LogP contribution in [0.3, 0.4) is 0 Å². The highest BCUT2D eigenvalue weighted by Crippen LogP contribution is 2.34. The Morgan fingerprint density at radius 1 is 1.21 bits per heavy atom. The molecule has 3 aromatic rings. The number of aliphatic hydroxyl groups is 3. The summed E-state index contributed by atoms with van der Waals surface area (Å²) < 4.78 is 12.3. The third-order valence-electron chi connectivity index (χ3n) is 4.41. The molecule has 3 heterocycles. The normalized spacial score (nSPS) is 23.6. The van der Waals surface area contributed by atoms with Crippen molar-refractivity contribution >= 4 is 22.9 Å². The molecule has 29 heavy (non-hydrogen) atoms. The number of hydrogen-bond donors (Lipinski definition) is 5. The maximum absolute atomic E-state index is 10.4. The van der Waals surface area contributed by atoms with Crippen molar-refractivity contribution in [3.63, 3.8) is 0 Å². The number of nitrogens with one attached hydrogen (secondary N) is 1. The minimum atomic E-state index is -1.34. The first-order chi connectivity index (χ1) is 14.1. The van der Waals surface area contributed by atoms with Gasteiger partial charge in [-0.05, 0) is 12.1 Å². The number of nitrogens with two attached hydrogens (primary N) is 1. The van der Waals surface area contributed by atoms with E-state index >= 15 is 0 Å². The highest BCUT2D eigenvalue weighted by Gasteiger charge is 2.45. The first-order valence-electron chi connectivity index (χ1n) is 8.69. The van der Waals surface area contributed by atoms with Gasteiger partial charge in [-0.2, -0.15) is 0 Å². The number of hydrogen-bond acceptors (Lipinski definition) is 10. The molecule has 0 saturated carbocycles. The molecule has 4 atom stereocenters. The van der Waals surface area contributed by atoms with Crippen LogP contribution in [0.15, 0.2) is 36.7 Å². The predicted molar refractivity (Wildman–Crippen MR) is 101 cm³/mol. The standard InChI is InChI=1S/C18H18N6O5/c19-15-12-16(22-9-21-15)24(17-14(27)13(26)11(8-25)29-17)18(23-12)20-6-7-28-10-4-2-1-3-5-10/h1-5,9,11,13-14,17,25-27H,8H2,(H,20,23)(H2,19,21,22)/t11-,13?,14?,17-/m1/s1. The zero-order chi connectivity index (χ0) is 20.4. The number of rotatable bonds is 4. The summed E-state index contributed by atoms with van der Waals surface area (Å²) >= 11 is 0. The van der Waals surface area contributed by atoms with Crippen molar-refractivity contribution in [1.29, 1.82) is 0 Å². The molecule has 2 unspecified atom stereocenters. The van der Waals surface area contributed by atoms with Gasteiger partial charge in [0.05, 0.1) is 12.7 Å². The molecule has 1 aliphatic rings. The second-order valence-electron chi connectivity index (χ2n) is 6.23. The van der Waals surface area contributed by atoms with E-state index in [-0.39, 0.29) is 22.9 Å². The largest absolute Gasteiger partial charge is 0.406 e. The molecule has 1 aliphatic heterocycles. The van der Waals surface area contributed by atoms with Crippen LogP contribution in [-0.2, 0) is 4.74 Å². The van der Waals surface area contributed by atoms with Gasteiger partial charge in [0, 0.05) is 0 Å². The van der Waals surface area contributed by atoms with Crippen molar-refractivity contribution in [2.24, 2.45) is 0 Å². The summed E-state index contributed by atoms with van der Waals surface area (Å²) in [5.41, 5.74) is 6.40. The van der Waals surface area contributed by atoms with E-state index < -0.39 is 31.1 Å². The summed E-state index contributed by atoms with van der Waals surface area (Å²) in [4.78, 5) is 12.4. The van der Waals surface area contributed by atoms with Gasteiger partial charge in [0.1, 0.15) is 36.5 Å².